The van der Waals surface area contributed by atoms with Crippen molar-refractivity contribution in [3.05, 3.63) is 23.5 Å². The smallest absolute Gasteiger partial charge is 0.157 e. The second kappa shape index (κ2) is 3.81. The normalized spacial score (nSPS) is 23.2. The highest BCUT2D eigenvalue weighted by atomic mass is 15.3. The predicted octanol–water partition coefficient (Wildman–Crippen LogP) is 1.77. The fraction of sp³-hybridized carbons (Fsp3) is 0.538. The maximum absolute atomic E-state index is 4.48. The summed E-state index contributed by atoms with van der Waals surface area (Å²) < 4.78 is 1.84. The molecule has 1 saturated carbocycles. The number of nitrogens with one attached hydrogen (secondary N) is 1. The number of aromatic nitrogens is 3. The summed E-state index contributed by atoms with van der Waals surface area (Å²) in [5.74, 6) is 0.840. The molecule has 0 saturated heterocycles. The molecule has 1 fully saturated rings. The van der Waals surface area contributed by atoms with Gasteiger partial charge in [-0.3, -0.25) is 4.68 Å². The summed E-state index contributed by atoms with van der Waals surface area (Å²) in [4.78, 5) is 4.48. The van der Waals surface area contributed by atoms with E-state index in [0.29, 0.717) is 6.04 Å². The Bertz CT molecular complexity index is 558. The van der Waals surface area contributed by atoms with Crippen molar-refractivity contribution in [1.82, 2.24) is 20.1 Å². The van der Waals surface area contributed by atoms with Gasteiger partial charge in [0.2, 0.25) is 0 Å². The molecule has 0 aliphatic heterocycles. The fourth-order valence-electron chi connectivity index (χ4n) is 2.30. The summed E-state index contributed by atoms with van der Waals surface area (Å²) in [5.41, 5.74) is 3.26. The van der Waals surface area contributed by atoms with Gasteiger partial charge >= 0.3 is 0 Å². The molecule has 4 nitrogen and oxygen atoms in total. The third kappa shape index (κ3) is 1.93. The number of fused-ring (bicyclic) bond motifs is 1. The summed E-state index contributed by atoms with van der Waals surface area (Å²) >= 11 is 0. The van der Waals surface area contributed by atoms with Crippen molar-refractivity contribution >= 4 is 11.0 Å². The standard InChI is InChI=1S/C13H18N4/c1-8-4-12(8)14-6-10-5-11-9(2)16-17(3)13(11)15-7-10/h5,7-8,12,14H,4,6H2,1-3H3/t8-,12+/m1/s1. The number of rotatable bonds is 3. The van der Waals surface area contributed by atoms with Crippen molar-refractivity contribution in [3.63, 3.8) is 0 Å². The van der Waals surface area contributed by atoms with Crippen LogP contribution in [0.25, 0.3) is 11.0 Å². The van der Waals surface area contributed by atoms with Gasteiger partial charge in [0.05, 0.1) is 5.69 Å². The molecule has 1 aliphatic rings. The fourth-order valence-corrected chi connectivity index (χ4v) is 2.30. The van der Waals surface area contributed by atoms with Gasteiger partial charge in [-0.1, -0.05) is 6.92 Å². The highest BCUT2D eigenvalue weighted by Gasteiger charge is 2.31. The van der Waals surface area contributed by atoms with Crippen LogP contribution in [0.3, 0.4) is 0 Å². The molecule has 0 bridgehead atoms. The zero-order chi connectivity index (χ0) is 12.0. The zero-order valence-corrected chi connectivity index (χ0v) is 10.6. The first-order valence-corrected chi connectivity index (χ1v) is 6.17. The predicted molar refractivity (Wildman–Crippen MR) is 67.7 cm³/mol. The zero-order valence-electron chi connectivity index (χ0n) is 10.6. The number of nitrogens with zero attached hydrogens (tertiary/aromatic N) is 3. The summed E-state index contributed by atoms with van der Waals surface area (Å²) in [6.45, 7) is 5.22. The van der Waals surface area contributed by atoms with Gasteiger partial charge in [0.1, 0.15) is 0 Å². The second-order valence-electron chi connectivity index (χ2n) is 5.12. The molecule has 90 valence electrons. The van der Waals surface area contributed by atoms with Gasteiger partial charge in [0, 0.05) is 31.2 Å². The maximum atomic E-state index is 4.48. The summed E-state index contributed by atoms with van der Waals surface area (Å²) in [6.07, 6.45) is 3.26. The topological polar surface area (TPSA) is 42.7 Å². The van der Waals surface area contributed by atoms with Crippen LogP contribution in [0.2, 0.25) is 0 Å². The molecule has 0 radical (unpaired) electrons. The van der Waals surface area contributed by atoms with E-state index in [4.69, 9.17) is 0 Å². The van der Waals surface area contributed by atoms with Crippen molar-refractivity contribution in [3.8, 4) is 0 Å². The molecule has 17 heavy (non-hydrogen) atoms. The number of aryl methyl sites for hydroxylation is 2. The first kappa shape index (κ1) is 10.7. The van der Waals surface area contributed by atoms with Crippen LogP contribution in [0.5, 0.6) is 0 Å². The van der Waals surface area contributed by atoms with E-state index in [1.54, 1.807) is 0 Å². The first-order valence-electron chi connectivity index (χ1n) is 6.17. The SMILES string of the molecule is Cc1nn(C)c2ncc(CN[C@H]3C[C@H]3C)cc12. The quantitative estimate of drug-likeness (QED) is 0.874. The first-order chi connectivity index (χ1) is 8.15. The summed E-state index contributed by atoms with van der Waals surface area (Å²) in [7, 11) is 1.94. The van der Waals surface area contributed by atoms with E-state index < -0.39 is 0 Å². The highest BCUT2D eigenvalue weighted by Crippen LogP contribution is 2.29. The van der Waals surface area contributed by atoms with Crippen LogP contribution >= 0.6 is 0 Å². The van der Waals surface area contributed by atoms with Crippen LogP contribution in [-0.2, 0) is 13.6 Å². The summed E-state index contributed by atoms with van der Waals surface area (Å²) in [6, 6.07) is 2.91. The third-order valence-corrected chi connectivity index (χ3v) is 3.60. The molecule has 2 atom stereocenters. The van der Waals surface area contributed by atoms with Gasteiger partial charge in [-0.2, -0.15) is 5.10 Å². The van der Waals surface area contributed by atoms with E-state index in [0.717, 1.165) is 29.2 Å². The maximum Gasteiger partial charge on any atom is 0.157 e. The minimum Gasteiger partial charge on any atom is -0.310 e. The van der Waals surface area contributed by atoms with Gasteiger partial charge in [0.15, 0.2) is 5.65 Å². The van der Waals surface area contributed by atoms with Gasteiger partial charge < -0.3 is 5.32 Å². The Morgan fingerprint density at radius 3 is 3.00 bits per heavy atom. The molecule has 4 heteroatoms. The lowest BCUT2D eigenvalue weighted by Gasteiger charge is -2.03. The van der Waals surface area contributed by atoms with Crippen LogP contribution in [0, 0.1) is 12.8 Å². The minimum absolute atomic E-state index is 0.709. The average molecular weight is 230 g/mol. The number of pyridine rings is 1. The molecule has 1 aliphatic carbocycles. The molecule has 1 N–H and O–H groups in total. The Kier molecular flexibility index (Phi) is 2.40. The minimum atomic E-state index is 0.709. The molecule has 2 heterocycles. The average Bonchev–Trinajstić information content (AvgIpc) is 2.94. The van der Waals surface area contributed by atoms with Crippen LogP contribution in [0.1, 0.15) is 24.6 Å². The Morgan fingerprint density at radius 1 is 1.53 bits per heavy atom. The molecule has 3 rings (SSSR count). The molecule has 2 aromatic rings. The van der Waals surface area contributed by atoms with E-state index in [9.17, 15) is 0 Å². The molecule has 2 aromatic heterocycles. The van der Waals surface area contributed by atoms with Gasteiger partial charge in [-0.05, 0) is 30.9 Å². The van der Waals surface area contributed by atoms with E-state index in [2.05, 4.69) is 28.4 Å². The van der Waals surface area contributed by atoms with Crippen molar-refractivity contribution in [2.75, 3.05) is 0 Å². The Hall–Kier alpha value is -1.42. The highest BCUT2D eigenvalue weighted by molar-refractivity contribution is 5.78. The van der Waals surface area contributed by atoms with Gasteiger partial charge in [0.25, 0.3) is 0 Å². The van der Waals surface area contributed by atoms with Crippen LogP contribution in [0.15, 0.2) is 12.3 Å². The second-order valence-corrected chi connectivity index (χ2v) is 5.12. The number of hydrogen-bond acceptors (Lipinski definition) is 3. The monoisotopic (exact) mass is 230 g/mol. The van der Waals surface area contributed by atoms with Crippen molar-refractivity contribution in [1.29, 1.82) is 0 Å². The largest absolute Gasteiger partial charge is 0.310 e. The lowest BCUT2D eigenvalue weighted by molar-refractivity contribution is 0.651. The third-order valence-electron chi connectivity index (χ3n) is 3.60. The van der Waals surface area contributed by atoms with Crippen LogP contribution in [0.4, 0.5) is 0 Å². The molecular formula is C13H18N4. The van der Waals surface area contributed by atoms with Crippen molar-refractivity contribution < 1.29 is 0 Å². The van der Waals surface area contributed by atoms with Crippen molar-refractivity contribution in [2.45, 2.75) is 32.9 Å². The number of hydrogen-bond donors (Lipinski definition) is 1. The van der Waals surface area contributed by atoms with Gasteiger partial charge in [-0.15, -0.1) is 0 Å². The van der Waals surface area contributed by atoms with Crippen LogP contribution < -0.4 is 5.32 Å². The molecule has 0 amide bonds. The lowest BCUT2D eigenvalue weighted by Crippen LogP contribution is -2.17. The Morgan fingerprint density at radius 2 is 2.29 bits per heavy atom. The Labute approximate surface area is 101 Å². The molecule has 0 spiro atoms. The van der Waals surface area contributed by atoms with Crippen LogP contribution in [-0.4, -0.2) is 20.8 Å². The van der Waals surface area contributed by atoms with E-state index in [1.165, 1.54) is 12.0 Å². The van der Waals surface area contributed by atoms with Crippen molar-refractivity contribution in [2.24, 2.45) is 13.0 Å². The lowest BCUT2D eigenvalue weighted by atomic mass is 10.2. The van der Waals surface area contributed by atoms with E-state index in [-0.39, 0.29) is 0 Å². The molecule has 0 aromatic carbocycles. The molecular weight excluding hydrogens is 212 g/mol. The van der Waals surface area contributed by atoms with Gasteiger partial charge in [-0.25, -0.2) is 4.98 Å². The summed E-state index contributed by atoms with van der Waals surface area (Å²) in [5, 5.41) is 9.09. The van der Waals surface area contributed by atoms with E-state index >= 15 is 0 Å². The van der Waals surface area contributed by atoms with E-state index in [1.807, 2.05) is 24.9 Å². The Balaban J connectivity index is 1.83. The molecule has 0 unspecified atom stereocenters.